The van der Waals surface area contributed by atoms with Crippen LogP contribution in [0.25, 0.3) is 0 Å². The van der Waals surface area contributed by atoms with Crippen molar-refractivity contribution in [1.82, 2.24) is 0 Å². The lowest BCUT2D eigenvalue weighted by Crippen LogP contribution is -2.22. The molecular weight excluding hydrogens is 128 g/mol. The molecule has 2 nitrogen and oxygen atoms in total. The Bertz CT molecular complexity index is 69.7. The first-order chi connectivity index (χ1) is 4.76. The Balaban J connectivity index is 3.53. The van der Waals surface area contributed by atoms with Gasteiger partial charge in [0.25, 0.3) is 0 Å². The summed E-state index contributed by atoms with van der Waals surface area (Å²) in [6, 6.07) is 0. The highest BCUT2D eigenvalue weighted by Gasteiger charge is 2.14. The average molecular weight is 146 g/mol. The molecule has 0 heterocycles. The predicted molar refractivity (Wildman–Crippen MR) is 41.8 cm³/mol. The van der Waals surface area contributed by atoms with Gasteiger partial charge in [0.15, 0.2) is 0 Å². The summed E-state index contributed by atoms with van der Waals surface area (Å²) in [6.07, 6.45) is 2.34. The van der Waals surface area contributed by atoms with Gasteiger partial charge in [-0.25, -0.2) is 0 Å². The Kier molecular flexibility index (Phi) is 5.64. The molecule has 0 aromatic rings. The molecule has 0 aliphatic rings. The van der Waals surface area contributed by atoms with Crippen molar-refractivity contribution in [3.63, 3.8) is 0 Å². The Morgan fingerprint density at radius 2 is 1.90 bits per heavy atom. The summed E-state index contributed by atoms with van der Waals surface area (Å²) in [5, 5.41) is 18.1. The van der Waals surface area contributed by atoms with E-state index in [1.165, 1.54) is 0 Å². The standard InChI is InChI=1S/C8H18O2/c1-3-5-8(10)7(4-2)6-9/h7-10H,3-6H2,1-2H3/t7-,8-/m1/s1. The van der Waals surface area contributed by atoms with Crippen molar-refractivity contribution in [2.45, 2.75) is 39.2 Å². The molecule has 0 bridgehead atoms. The van der Waals surface area contributed by atoms with Gasteiger partial charge in [-0.15, -0.1) is 0 Å². The summed E-state index contributed by atoms with van der Waals surface area (Å²) in [5.41, 5.74) is 0. The molecule has 2 N–H and O–H groups in total. The Morgan fingerprint density at radius 1 is 1.30 bits per heavy atom. The van der Waals surface area contributed by atoms with Gasteiger partial charge >= 0.3 is 0 Å². The van der Waals surface area contributed by atoms with Crippen LogP contribution in [0.2, 0.25) is 0 Å². The SMILES string of the molecule is CCC[C@@H](O)[C@H](CC)CO. The molecule has 0 aliphatic heterocycles. The molecule has 0 rings (SSSR count). The molecule has 0 amide bonds. The maximum absolute atomic E-state index is 9.35. The van der Waals surface area contributed by atoms with Crippen molar-refractivity contribution in [3.8, 4) is 0 Å². The van der Waals surface area contributed by atoms with E-state index in [0.29, 0.717) is 0 Å². The fourth-order valence-electron chi connectivity index (χ4n) is 1.05. The van der Waals surface area contributed by atoms with E-state index in [-0.39, 0.29) is 18.6 Å². The van der Waals surface area contributed by atoms with Crippen LogP contribution >= 0.6 is 0 Å². The monoisotopic (exact) mass is 146 g/mol. The molecule has 2 atom stereocenters. The van der Waals surface area contributed by atoms with Crippen LogP contribution in [0.4, 0.5) is 0 Å². The molecule has 0 radical (unpaired) electrons. The van der Waals surface area contributed by atoms with Crippen molar-refractivity contribution < 1.29 is 10.2 Å². The van der Waals surface area contributed by atoms with E-state index in [0.717, 1.165) is 19.3 Å². The minimum Gasteiger partial charge on any atom is -0.396 e. The van der Waals surface area contributed by atoms with Gasteiger partial charge in [0.2, 0.25) is 0 Å². The van der Waals surface area contributed by atoms with Gasteiger partial charge in [0, 0.05) is 12.5 Å². The van der Waals surface area contributed by atoms with Crippen LogP contribution < -0.4 is 0 Å². The third kappa shape index (κ3) is 3.18. The summed E-state index contributed by atoms with van der Waals surface area (Å²) in [7, 11) is 0. The molecule has 0 aromatic heterocycles. The van der Waals surface area contributed by atoms with Gasteiger partial charge < -0.3 is 10.2 Å². The fraction of sp³-hybridized carbons (Fsp3) is 1.00. The van der Waals surface area contributed by atoms with E-state index < -0.39 is 0 Å². The minimum absolute atomic E-state index is 0.0833. The third-order valence-corrected chi connectivity index (χ3v) is 1.89. The highest BCUT2D eigenvalue weighted by atomic mass is 16.3. The first kappa shape index (κ1) is 9.92. The first-order valence-corrected chi connectivity index (χ1v) is 4.05. The number of aliphatic hydroxyl groups excluding tert-OH is 2. The Hall–Kier alpha value is -0.0800. The van der Waals surface area contributed by atoms with E-state index in [9.17, 15) is 5.11 Å². The zero-order valence-corrected chi connectivity index (χ0v) is 6.88. The van der Waals surface area contributed by atoms with Crippen LogP contribution in [0.5, 0.6) is 0 Å². The number of aliphatic hydroxyl groups is 2. The first-order valence-electron chi connectivity index (χ1n) is 4.05. The van der Waals surface area contributed by atoms with Gasteiger partial charge in [-0.3, -0.25) is 0 Å². The van der Waals surface area contributed by atoms with Gasteiger partial charge in [0.05, 0.1) is 6.10 Å². The quantitative estimate of drug-likeness (QED) is 0.611. The summed E-state index contributed by atoms with van der Waals surface area (Å²) >= 11 is 0. The lowest BCUT2D eigenvalue weighted by molar-refractivity contribution is 0.0584. The third-order valence-electron chi connectivity index (χ3n) is 1.89. The fourth-order valence-corrected chi connectivity index (χ4v) is 1.05. The number of hydrogen-bond acceptors (Lipinski definition) is 2. The van der Waals surface area contributed by atoms with Crippen molar-refractivity contribution >= 4 is 0 Å². The van der Waals surface area contributed by atoms with Gasteiger partial charge in [-0.2, -0.15) is 0 Å². The Labute approximate surface area is 62.9 Å². The van der Waals surface area contributed by atoms with Crippen molar-refractivity contribution in [2.24, 2.45) is 5.92 Å². The second kappa shape index (κ2) is 5.69. The summed E-state index contributed by atoms with van der Waals surface area (Å²) in [4.78, 5) is 0. The number of rotatable bonds is 5. The topological polar surface area (TPSA) is 40.5 Å². The van der Waals surface area contributed by atoms with Crippen LogP contribution in [0.3, 0.4) is 0 Å². The summed E-state index contributed by atoms with van der Waals surface area (Å²) < 4.78 is 0. The van der Waals surface area contributed by atoms with E-state index in [1.807, 2.05) is 13.8 Å². The summed E-state index contributed by atoms with van der Waals surface area (Å²) in [6.45, 7) is 4.13. The van der Waals surface area contributed by atoms with Crippen LogP contribution in [-0.2, 0) is 0 Å². The van der Waals surface area contributed by atoms with Crippen molar-refractivity contribution in [3.05, 3.63) is 0 Å². The Morgan fingerprint density at radius 3 is 2.20 bits per heavy atom. The molecule has 0 aromatic carbocycles. The zero-order valence-electron chi connectivity index (χ0n) is 6.88. The lowest BCUT2D eigenvalue weighted by atomic mass is 9.97. The van der Waals surface area contributed by atoms with E-state index in [2.05, 4.69) is 0 Å². The average Bonchev–Trinajstić information content (AvgIpc) is 1.91. The second-order valence-corrected chi connectivity index (χ2v) is 2.71. The van der Waals surface area contributed by atoms with Crippen LogP contribution in [0.1, 0.15) is 33.1 Å². The molecular formula is C8H18O2. The molecule has 0 spiro atoms. The maximum atomic E-state index is 9.35. The van der Waals surface area contributed by atoms with E-state index in [4.69, 9.17) is 5.11 Å². The minimum atomic E-state index is -0.306. The molecule has 0 saturated carbocycles. The van der Waals surface area contributed by atoms with Crippen LogP contribution in [0.15, 0.2) is 0 Å². The molecule has 0 fully saturated rings. The normalized spacial score (nSPS) is 16.8. The lowest BCUT2D eigenvalue weighted by Gasteiger charge is -2.17. The smallest absolute Gasteiger partial charge is 0.0590 e. The molecule has 0 unspecified atom stereocenters. The van der Waals surface area contributed by atoms with Crippen LogP contribution in [-0.4, -0.2) is 22.9 Å². The van der Waals surface area contributed by atoms with E-state index >= 15 is 0 Å². The molecule has 0 saturated heterocycles. The highest BCUT2D eigenvalue weighted by Crippen LogP contribution is 2.11. The molecule has 0 aliphatic carbocycles. The van der Waals surface area contributed by atoms with Crippen molar-refractivity contribution in [1.29, 1.82) is 0 Å². The van der Waals surface area contributed by atoms with Gasteiger partial charge in [-0.05, 0) is 12.8 Å². The molecule has 10 heavy (non-hydrogen) atoms. The van der Waals surface area contributed by atoms with E-state index in [1.54, 1.807) is 0 Å². The van der Waals surface area contributed by atoms with Gasteiger partial charge in [-0.1, -0.05) is 20.3 Å². The second-order valence-electron chi connectivity index (χ2n) is 2.71. The highest BCUT2D eigenvalue weighted by molar-refractivity contribution is 4.65. The van der Waals surface area contributed by atoms with Gasteiger partial charge in [0.1, 0.15) is 0 Å². The van der Waals surface area contributed by atoms with Crippen LogP contribution in [0, 0.1) is 5.92 Å². The van der Waals surface area contributed by atoms with Crippen molar-refractivity contribution in [2.75, 3.05) is 6.61 Å². The molecule has 2 heteroatoms. The number of hydrogen-bond donors (Lipinski definition) is 2. The molecule has 62 valence electrons. The predicted octanol–water partition coefficient (Wildman–Crippen LogP) is 1.17. The summed E-state index contributed by atoms with van der Waals surface area (Å²) in [5.74, 6) is 0.0833. The largest absolute Gasteiger partial charge is 0.396 e. The zero-order chi connectivity index (χ0) is 7.98. The maximum Gasteiger partial charge on any atom is 0.0590 e.